The Morgan fingerprint density at radius 2 is 1.65 bits per heavy atom. The molecule has 3 aromatic carbocycles. The smallest absolute Gasteiger partial charge is 0.337 e. The SMILES string of the molecule is CNc1ccc(C(=O)NCc2cc(C(=O)OC)cc(-c3cccc(C(=N)N)c3)c2)cc1. The van der Waals surface area contributed by atoms with E-state index in [-0.39, 0.29) is 18.3 Å². The second-order valence-corrected chi connectivity index (χ2v) is 6.91. The molecular weight excluding hydrogens is 392 g/mol. The van der Waals surface area contributed by atoms with Gasteiger partial charge in [0, 0.05) is 30.4 Å². The van der Waals surface area contributed by atoms with Crippen molar-refractivity contribution in [2.45, 2.75) is 6.54 Å². The van der Waals surface area contributed by atoms with E-state index in [2.05, 4.69) is 10.6 Å². The predicted octanol–water partition coefficient (Wildman–Crippen LogP) is 3.40. The number of anilines is 1. The van der Waals surface area contributed by atoms with Gasteiger partial charge in [0.15, 0.2) is 0 Å². The Hall–Kier alpha value is -4.13. The summed E-state index contributed by atoms with van der Waals surface area (Å²) in [6.45, 7) is 0.233. The summed E-state index contributed by atoms with van der Waals surface area (Å²) < 4.78 is 4.87. The molecule has 158 valence electrons. The number of esters is 1. The van der Waals surface area contributed by atoms with Gasteiger partial charge in [0.25, 0.3) is 5.91 Å². The van der Waals surface area contributed by atoms with Crippen molar-refractivity contribution >= 4 is 23.4 Å². The van der Waals surface area contributed by atoms with Crippen LogP contribution in [0.2, 0.25) is 0 Å². The molecule has 0 heterocycles. The Morgan fingerprint density at radius 3 is 2.29 bits per heavy atom. The first-order valence-corrected chi connectivity index (χ1v) is 9.64. The van der Waals surface area contributed by atoms with Crippen molar-refractivity contribution in [3.05, 3.63) is 89.0 Å². The summed E-state index contributed by atoms with van der Waals surface area (Å²) in [5, 5.41) is 13.5. The van der Waals surface area contributed by atoms with Crippen LogP contribution in [0.25, 0.3) is 11.1 Å². The van der Waals surface area contributed by atoms with Crippen LogP contribution in [0, 0.1) is 5.41 Å². The fraction of sp³-hybridized carbons (Fsp3) is 0.125. The lowest BCUT2D eigenvalue weighted by molar-refractivity contribution is 0.0600. The molecule has 5 N–H and O–H groups in total. The number of rotatable bonds is 7. The summed E-state index contributed by atoms with van der Waals surface area (Å²) in [6.07, 6.45) is 0. The average molecular weight is 416 g/mol. The van der Waals surface area contributed by atoms with Gasteiger partial charge in [-0.05, 0) is 65.2 Å². The lowest BCUT2D eigenvalue weighted by Gasteiger charge is -2.11. The van der Waals surface area contributed by atoms with E-state index in [0.29, 0.717) is 16.7 Å². The van der Waals surface area contributed by atoms with Crippen molar-refractivity contribution in [1.29, 1.82) is 5.41 Å². The molecule has 0 spiro atoms. The highest BCUT2D eigenvalue weighted by atomic mass is 16.5. The normalized spacial score (nSPS) is 10.3. The Balaban J connectivity index is 1.88. The second kappa shape index (κ2) is 9.58. The summed E-state index contributed by atoms with van der Waals surface area (Å²) in [6, 6.07) is 19.6. The molecule has 0 saturated carbocycles. The van der Waals surface area contributed by atoms with Crippen LogP contribution in [0.5, 0.6) is 0 Å². The number of methoxy groups -OCH3 is 1. The first kappa shape index (κ1) is 21.6. The third-order valence-electron chi connectivity index (χ3n) is 4.81. The fourth-order valence-corrected chi connectivity index (χ4v) is 3.14. The van der Waals surface area contributed by atoms with Gasteiger partial charge in [-0.15, -0.1) is 0 Å². The zero-order chi connectivity index (χ0) is 22.4. The molecule has 3 aromatic rings. The number of amides is 1. The summed E-state index contributed by atoms with van der Waals surface area (Å²) in [7, 11) is 3.13. The van der Waals surface area contributed by atoms with Gasteiger partial charge in [-0.2, -0.15) is 0 Å². The Bertz CT molecular complexity index is 1120. The molecule has 0 fully saturated rings. The molecular formula is C24H24N4O3. The van der Waals surface area contributed by atoms with E-state index in [4.69, 9.17) is 15.9 Å². The molecule has 31 heavy (non-hydrogen) atoms. The van der Waals surface area contributed by atoms with Crippen molar-refractivity contribution in [2.24, 2.45) is 5.73 Å². The van der Waals surface area contributed by atoms with E-state index in [1.807, 2.05) is 31.3 Å². The van der Waals surface area contributed by atoms with Crippen LogP contribution in [0.3, 0.4) is 0 Å². The van der Waals surface area contributed by atoms with Crippen LogP contribution in [0.4, 0.5) is 5.69 Å². The largest absolute Gasteiger partial charge is 0.465 e. The minimum atomic E-state index is -0.472. The van der Waals surface area contributed by atoms with Crippen LogP contribution in [0.15, 0.2) is 66.7 Å². The number of amidine groups is 1. The number of nitrogens with two attached hydrogens (primary N) is 1. The lowest BCUT2D eigenvalue weighted by atomic mass is 9.98. The molecule has 1 amide bonds. The zero-order valence-electron chi connectivity index (χ0n) is 17.4. The summed E-state index contributed by atoms with van der Waals surface area (Å²) in [4.78, 5) is 24.7. The van der Waals surface area contributed by atoms with Crippen LogP contribution in [-0.2, 0) is 11.3 Å². The molecule has 0 unspecified atom stereocenters. The molecule has 0 aliphatic carbocycles. The monoisotopic (exact) mass is 416 g/mol. The van der Waals surface area contributed by atoms with Crippen molar-refractivity contribution in [2.75, 3.05) is 19.5 Å². The number of nitrogen functional groups attached to an aromatic ring is 1. The fourth-order valence-electron chi connectivity index (χ4n) is 3.14. The van der Waals surface area contributed by atoms with Gasteiger partial charge in [-0.3, -0.25) is 10.2 Å². The highest BCUT2D eigenvalue weighted by Gasteiger charge is 2.12. The van der Waals surface area contributed by atoms with E-state index in [1.165, 1.54) is 7.11 Å². The molecule has 0 aliphatic rings. The van der Waals surface area contributed by atoms with Crippen LogP contribution in [0.1, 0.15) is 31.8 Å². The van der Waals surface area contributed by atoms with E-state index in [9.17, 15) is 9.59 Å². The van der Waals surface area contributed by atoms with E-state index in [1.54, 1.807) is 42.5 Å². The van der Waals surface area contributed by atoms with Gasteiger partial charge in [0.05, 0.1) is 12.7 Å². The van der Waals surface area contributed by atoms with Crippen LogP contribution in [-0.4, -0.2) is 31.9 Å². The maximum absolute atomic E-state index is 12.5. The second-order valence-electron chi connectivity index (χ2n) is 6.91. The highest BCUT2D eigenvalue weighted by molar-refractivity contribution is 5.97. The van der Waals surface area contributed by atoms with Crippen molar-refractivity contribution in [1.82, 2.24) is 5.32 Å². The number of hydrogen-bond donors (Lipinski definition) is 4. The predicted molar refractivity (Wildman–Crippen MR) is 121 cm³/mol. The van der Waals surface area contributed by atoms with Crippen molar-refractivity contribution < 1.29 is 14.3 Å². The van der Waals surface area contributed by atoms with Gasteiger partial charge in [0.1, 0.15) is 5.84 Å². The van der Waals surface area contributed by atoms with Gasteiger partial charge >= 0.3 is 5.97 Å². The molecule has 0 aliphatic heterocycles. The quantitative estimate of drug-likeness (QED) is 0.268. The molecule has 7 heteroatoms. The van der Waals surface area contributed by atoms with Crippen LogP contribution < -0.4 is 16.4 Å². The maximum atomic E-state index is 12.5. The van der Waals surface area contributed by atoms with Crippen LogP contribution >= 0.6 is 0 Å². The summed E-state index contributed by atoms with van der Waals surface area (Å²) in [5.41, 5.74) is 10.3. The average Bonchev–Trinajstić information content (AvgIpc) is 2.81. The summed E-state index contributed by atoms with van der Waals surface area (Å²) in [5.74, 6) is -0.728. The minimum Gasteiger partial charge on any atom is -0.465 e. The molecule has 0 saturated heterocycles. The number of benzene rings is 3. The number of carbonyl (C=O) groups is 2. The van der Waals surface area contributed by atoms with E-state index in [0.717, 1.165) is 22.4 Å². The molecule has 0 aromatic heterocycles. The van der Waals surface area contributed by atoms with Crippen molar-refractivity contribution in [3.8, 4) is 11.1 Å². The maximum Gasteiger partial charge on any atom is 0.337 e. The number of hydrogen-bond acceptors (Lipinski definition) is 5. The third-order valence-corrected chi connectivity index (χ3v) is 4.81. The zero-order valence-corrected chi connectivity index (χ0v) is 17.4. The first-order chi connectivity index (χ1) is 14.9. The highest BCUT2D eigenvalue weighted by Crippen LogP contribution is 2.24. The number of nitrogens with one attached hydrogen (secondary N) is 3. The minimum absolute atomic E-state index is 0.0391. The molecule has 7 nitrogen and oxygen atoms in total. The Kier molecular flexibility index (Phi) is 6.67. The Labute approximate surface area is 180 Å². The van der Waals surface area contributed by atoms with Gasteiger partial charge in [-0.1, -0.05) is 18.2 Å². The Morgan fingerprint density at radius 1 is 0.935 bits per heavy atom. The van der Waals surface area contributed by atoms with Gasteiger partial charge < -0.3 is 21.1 Å². The molecule has 0 atom stereocenters. The standard InChI is InChI=1S/C24H24N4O3/c1-27-21-8-6-16(7-9-21)23(29)28-14-15-10-19(13-20(11-15)24(30)31-2)17-4-3-5-18(12-17)22(25)26/h3-13,27H,14H2,1-2H3,(H3,25,26)(H,28,29). The third kappa shape index (κ3) is 5.27. The topological polar surface area (TPSA) is 117 Å². The van der Waals surface area contributed by atoms with E-state index >= 15 is 0 Å². The molecule has 0 bridgehead atoms. The number of ether oxygens (including phenoxy) is 1. The molecule has 0 radical (unpaired) electrons. The molecule has 3 rings (SSSR count). The van der Waals surface area contributed by atoms with Crippen molar-refractivity contribution in [3.63, 3.8) is 0 Å². The number of carbonyl (C=O) groups excluding carboxylic acids is 2. The summed E-state index contributed by atoms with van der Waals surface area (Å²) >= 11 is 0. The lowest BCUT2D eigenvalue weighted by Crippen LogP contribution is -2.23. The van der Waals surface area contributed by atoms with E-state index < -0.39 is 5.97 Å². The van der Waals surface area contributed by atoms with Gasteiger partial charge in [-0.25, -0.2) is 4.79 Å². The first-order valence-electron chi connectivity index (χ1n) is 9.64. The van der Waals surface area contributed by atoms with Gasteiger partial charge in [0.2, 0.25) is 0 Å².